The first-order valence-corrected chi connectivity index (χ1v) is 7.45. The zero-order valence-corrected chi connectivity index (χ0v) is 12.2. The number of benzene rings is 1. The molecule has 2 atom stereocenters. The van der Waals surface area contributed by atoms with Crippen molar-refractivity contribution in [1.29, 1.82) is 0 Å². The van der Waals surface area contributed by atoms with Gasteiger partial charge in [-0.1, -0.05) is 23.7 Å². The molecule has 20 heavy (non-hydrogen) atoms. The molecule has 0 aromatic heterocycles. The lowest BCUT2D eigenvalue weighted by atomic mass is 10.0. The zero-order chi connectivity index (χ0) is 14.4. The Morgan fingerprint density at radius 3 is 2.85 bits per heavy atom. The van der Waals surface area contributed by atoms with Crippen LogP contribution in [0, 0.1) is 0 Å². The minimum absolute atomic E-state index is 0.0184. The molecule has 0 aliphatic carbocycles. The first-order valence-electron chi connectivity index (χ1n) is 7.08. The lowest BCUT2D eigenvalue weighted by molar-refractivity contribution is -0.123. The Labute approximate surface area is 124 Å². The first kappa shape index (κ1) is 15.3. The summed E-state index contributed by atoms with van der Waals surface area (Å²) in [5, 5.41) is 16.5. The van der Waals surface area contributed by atoms with Crippen LogP contribution in [-0.4, -0.2) is 36.2 Å². The van der Waals surface area contributed by atoms with Crippen molar-refractivity contribution in [3.8, 4) is 0 Å². The van der Waals surface area contributed by atoms with E-state index in [0.29, 0.717) is 13.0 Å². The summed E-state index contributed by atoms with van der Waals surface area (Å²) >= 11 is 5.83. The molecule has 1 fully saturated rings. The largest absolute Gasteiger partial charge is 0.390 e. The molecule has 2 rings (SSSR count). The number of piperidine rings is 1. The van der Waals surface area contributed by atoms with Crippen LogP contribution in [0.1, 0.15) is 24.8 Å². The average Bonchev–Trinajstić information content (AvgIpc) is 2.44. The van der Waals surface area contributed by atoms with Gasteiger partial charge in [0.25, 0.3) is 0 Å². The van der Waals surface area contributed by atoms with E-state index in [4.69, 9.17) is 11.6 Å². The second-order valence-electron chi connectivity index (χ2n) is 5.21. The molecule has 1 aliphatic rings. The summed E-state index contributed by atoms with van der Waals surface area (Å²) in [7, 11) is 0. The van der Waals surface area contributed by atoms with Crippen LogP contribution in [0.3, 0.4) is 0 Å². The number of rotatable bonds is 5. The van der Waals surface area contributed by atoms with E-state index in [1.165, 1.54) is 5.56 Å². The van der Waals surface area contributed by atoms with Gasteiger partial charge in [-0.15, -0.1) is 0 Å². The molecular weight excluding hydrogens is 276 g/mol. The zero-order valence-electron chi connectivity index (χ0n) is 11.4. The van der Waals surface area contributed by atoms with Crippen LogP contribution in [0.25, 0.3) is 0 Å². The molecule has 0 saturated carbocycles. The van der Waals surface area contributed by atoms with Crippen LogP contribution >= 0.6 is 11.6 Å². The third-order valence-corrected chi connectivity index (χ3v) is 3.83. The molecule has 1 saturated heterocycles. The van der Waals surface area contributed by atoms with Gasteiger partial charge in [0.05, 0.1) is 12.1 Å². The molecule has 0 bridgehead atoms. The Bertz CT molecular complexity index is 436. The number of amides is 1. The molecule has 4 nitrogen and oxygen atoms in total. The van der Waals surface area contributed by atoms with Crippen molar-refractivity contribution < 1.29 is 9.90 Å². The Kier molecular flexibility index (Phi) is 5.83. The molecule has 0 spiro atoms. The second-order valence-corrected chi connectivity index (χ2v) is 5.65. The molecule has 2 unspecified atom stereocenters. The minimum Gasteiger partial charge on any atom is -0.390 e. The number of aryl methyl sites for hydroxylation is 1. The Morgan fingerprint density at radius 2 is 2.15 bits per heavy atom. The number of aliphatic hydroxyl groups is 1. The van der Waals surface area contributed by atoms with Crippen molar-refractivity contribution in [1.82, 2.24) is 10.6 Å². The SMILES string of the molecule is O=C(CCCc1ccc(Cl)cc1)NC1CCNCC1O. The van der Waals surface area contributed by atoms with Crippen molar-refractivity contribution >= 4 is 17.5 Å². The highest BCUT2D eigenvalue weighted by atomic mass is 35.5. The maximum absolute atomic E-state index is 11.8. The van der Waals surface area contributed by atoms with Crippen molar-refractivity contribution in [3.05, 3.63) is 34.9 Å². The van der Waals surface area contributed by atoms with Gasteiger partial charge in [0.1, 0.15) is 0 Å². The number of hydrogen-bond donors (Lipinski definition) is 3. The van der Waals surface area contributed by atoms with E-state index >= 15 is 0 Å². The van der Waals surface area contributed by atoms with Gasteiger partial charge in [0.2, 0.25) is 5.91 Å². The van der Waals surface area contributed by atoms with Crippen molar-refractivity contribution in [3.63, 3.8) is 0 Å². The Hall–Kier alpha value is -1.10. The minimum atomic E-state index is -0.482. The van der Waals surface area contributed by atoms with E-state index in [1.54, 1.807) is 0 Å². The van der Waals surface area contributed by atoms with Crippen molar-refractivity contribution in [2.75, 3.05) is 13.1 Å². The summed E-state index contributed by atoms with van der Waals surface area (Å²) in [6.07, 6.45) is 2.45. The summed E-state index contributed by atoms with van der Waals surface area (Å²) in [4.78, 5) is 11.8. The highest BCUT2D eigenvalue weighted by Gasteiger charge is 2.23. The van der Waals surface area contributed by atoms with Crippen LogP contribution in [0.15, 0.2) is 24.3 Å². The van der Waals surface area contributed by atoms with Gasteiger partial charge >= 0.3 is 0 Å². The van der Waals surface area contributed by atoms with Crippen molar-refractivity contribution in [2.24, 2.45) is 0 Å². The van der Waals surface area contributed by atoms with Gasteiger partial charge in [-0.3, -0.25) is 4.79 Å². The van der Waals surface area contributed by atoms with Crippen LogP contribution in [0.5, 0.6) is 0 Å². The smallest absolute Gasteiger partial charge is 0.220 e. The fraction of sp³-hybridized carbons (Fsp3) is 0.533. The highest BCUT2D eigenvalue weighted by Crippen LogP contribution is 2.12. The maximum Gasteiger partial charge on any atom is 0.220 e. The normalized spacial score (nSPS) is 22.5. The molecule has 1 amide bonds. The van der Waals surface area contributed by atoms with E-state index < -0.39 is 6.10 Å². The third kappa shape index (κ3) is 4.78. The fourth-order valence-electron chi connectivity index (χ4n) is 2.39. The second kappa shape index (κ2) is 7.62. The van der Waals surface area contributed by atoms with Crippen LogP contribution in [-0.2, 0) is 11.2 Å². The predicted octanol–water partition coefficient (Wildman–Crippen LogP) is 1.50. The van der Waals surface area contributed by atoms with Gasteiger partial charge in [0.15, 0.2) is 0 Å². The molecule has 1 aromatic rings. The van der Waals surface area contributed by atoms with Gasteiger partial charge in [-0.2, -0.15) is 0 Å². The van der Waals surface area contributed by atoms with Crippen LogP contribution in [0.4, 0.5) is 0 Å². The predicted molar refractivity (Wildman–Crippen MR) is 79.8 cm³/mol. The summed E-state index contributed by atoms with van der Waals surface area (Å²) in [6, 6.07) is 7.58. The monoisotopic (exact) mass is 296 g/mol. The van der Waals surface area contributed by atoms with Crippen LogP contribution < -0.4 is 10.6 Å². The topological polar surface area (TPSA) is 61.4 Å². The molecule has 110 valence electrons. The number of aliphatic hydroxyl groups excluding tert-OH is 1. The van der Waals surface area contributed by atoms with Gasteiger partial charge in [-0.05, 0) is 43.5 Å². The molecule has 1 heterocycles. The van der Waals surface area contributed by atoms with Gasteiger partial charge in [-0.25, -0.2) is 0 Å². The van der Waals surface area contributed by atoms with E-state index in [0.717, 1.165) is 30.8 Å². The molecule has 5 heteroatoms. The Morgan fingerprint density at radius 1 is 1.40 bits per heavy atom. The number of carbonyl (C=O) groups is 1. The lowest BCUT2D eigenvalue weighted by Gasteiger charge is -2.29. The number of nitrogens with one attached hydrogen (secondary N) is 2. The first-order chi connectivity index (χ1) is 9.65. The standard InChI is InChI=1S/C15H21ClN2O2/c16-12-6-4-11(5-7-12)2-1-3-15(20)18-13-8-9-17-10-14(13)19/h4-7,13-14,17,19H,1-3,8-10H2,(H,18,20). The average molecular weight is 297 g/mol. The number of β-amino-alcohol motifs (C(OH)–C–C–N with tert-alkyl or cyclic N) is 1. The van der Waals surface area contributed by atoms with Crippen molar-refractivity contribution in [2.45, 2.75) is 37.8 Å². The maximum atomic E-state index is 11.8. The molecule has 3 N–H and O–H groups in total. The molecule has 1 aromatic carbocycles. The number of carbonyl (C=O) groups excluding carboxylic acids is 1. The fourth-order valence-corrected chi connectivity index (χ4v) is 2.52. The van der Waals surface area contributed by atoms with E-state index in [-0.39, 0.29) is 11.9 Å². The molecular formula is C15H21ClN2O2. The lowest BCUT2D eigenvalue weighted by Crippen LogP contribution is -2.52. The van der Waals surface area contributed by atoms with Gasteiger partial charge < -0.3 is 15.7 Å². The Balaban J connectivity index is 1.68. The highest BCUT2D eigenvalue weighted by molar-refractivity contribution is 6.30. The summed E-state index contributed by atoms with van der Waals surface area (Å²) in [6.45, 7) is 1.39. The number of hydrogen-bond acceptors (Lipinski definition) is 3. The number of halogens is 1. The molecule has 0 radical (unpaired) electrons. The quantitative estimate of drug-likeness (QED) is 0.772. The van der Waals surface area contributed by atoms with E-state index in [2.05, 4.69) is 10.6 Å². The van der Waals surface area contributed by atoms with Crippen LogP contribution in [0.2, 0.25) is 5.02 Å². The van der Waals surface area contributed by atoms with E-state index in [1.807, 2.05) is 24.3 Å². The summed E-state index contributed by atoms with van der Waals surface area (Å²) in [5.41, 5.74) is 1.18. The summed E-state index contributed by atoms with van der Waals surface area (Å²) in [5.74, 6) is 0.0184. The van der Waals surface area contributed by atoms with E-state index in [9.17, 15) is 9.90 Å². The third-order valence-electron chi connectivity index (χ3n) is 3.58. The summed E-state index contributed by atoms with van der Waals surface area (Å²) < 4.78 is 0. The molecule has 1 aliphatic heterocycles. The van der Waals surface area contributed by atoms with Gasteiger partial charge in [0, 0.05) is 18.0 Å².